The predicted octanol–water partition coefficient (Wildman–Crippen LogP) is 2.16. The van der Waals surface area contributed by atoms with E-state index in [0.29, 0.717) is 17.3 Å². The van der Waals surface area contributed by atoms with E-state index in [4.69, 9.17) is 16.9 Å². The Labute approximate surface area is 98.1 Å². The Balaban J connectivity index is 2.32. The van der Waals surface area contributed by atoms with Crippen LogP contribution in [-0.4, -0.2) is 15.0 Å². The molecule has 0 N–H and O–H groups in total. The van der Waals surface area contributed by atoms with Crippen LogP contribution < -0.4 is 0 Å². The molecule has 0 aliphatic rings. The Morgan fingerprint density at radius 2 is 2.19 bits per heavy atom. The van der Waals surface area contributed by atoms with Crippen LogP contribution in [0.15, 0.2) is 24.3 Å². The fourth-order valence-electron chi connectivity index (χ4n) is 1.40. The van der Waals surface area contributed by atoms with Crippen LogP contribution in [-0.2, 0) is 6.54 Å². The molecule has 2 aromatic rings. The van der Waals surface area contributed by atoms with E-state index >= 15 is 0 Å². The Hall–Kier alpha value is -1.86. The maximum atomic E-state index is 8.76. The van der Waals surface area contributed by atoms with Gasteiger partial charge in [-0.1, -0.05) is 35.0 Å². The number of aromatic nitrogens is 3. The van der Waals surface area contributed by atoms with Crippen molar-refractivity contribution in [1.82, 2.24) is 15.0 Å². The second kappa shape index (κ2) is 4.33. The van der Waals surface area contributed by atoms with Gasteiger partial charge in [0.15, 0.2) is 5.69 Å². The van der Waals surface area contributed by atoms with E-state index in [-0.39, 0.29) is 0 Å². The van der Waals surface area contributed by atoms with Crippen molar-refractivity contribution in [3.05, 3.63) is 46.2 Å². The molecule has 0 spiro atoms. The van der Waals surface area contributed by atoms with Crippen LogP contribution in [0.1, 0.15) is 17.0 Å². The molecule has 1 aromatic carbocycles. The zero-order valence-corrected chi connectivity index (χ0v) is 9.44. The van der Waals surface area contributed by atoms with Crippen molar-refractivity contribution in [1.29, 1.82) is 5.26 Å². The minimum atomic E-state index is 0.354. The minimum Gasteiger partial charge on any atom is -0.244 e. The summed E-state index contributed by atoms with van der Waals surface area (Å²) in [6.07, 6.45) is 0. The van der Waals surface area contributed by atoms with Crippen molar-refractivity contribution >= 4 is 11.6 Å². The Bertz CT molecular complexity index is 553. The van der Waals surface area contributed by atoms with Gasteiger partial charge in [-0.2, -0.15) is 5.26 Å². The van der Waals surface area contributed by atoms with Crippen molar-refractivity contribution < 1.29 is 0 Å². The third-order valence-electron chi connectivity index (χ3n) is 2.37. The van der Waals surface area contributed by atoms with Crippen LogP contribution in [0.2, 0.25) is 5.02 Å². The van der Waals surface area contributed by atoms with Crippen LogP contribution in [0.3, 0.4) is 0 Å². The van der Waals surface area contributed by atoms with Gasteiger partial charge in [0.25, 0.3) is 0 Å². The number of hydrogen-bond acceptors (Lipinski definition) is 3. The maximum Gasteiger partial charge on any atom is 0.185 e. The molecule has 2 rings (SSSR count). The second-order valence-electron chi connectivity index (χ2n) is 3.38. The van der Waals surface area contributed by atoms with Crippen LogP contribution in [0.25, 0.3) is 0 Å². The first-order valence-corrected chi connectivity index (χ1v) is 5.13. The summed E-state index contributed by atoms with van der Waals surface area (Å²) in [4.78, 5) is 0. The summed E-state index contributed by atoms with van der Waals surface area (Å²) in [5.74, 6) is 0. The third kappa shape index (κ3) is 1.90. The highest BCUT2D eigenvalue weighted by atomic mass is 35.5. The number of benzene rings is 1. The van der Waals surface area contributed by atoms with Gasteiger partial charge in [0.2, 0.25) is 0 Å². The smallest absolute Gasteiger partial charge is 0.185 e. The lowest BCUT2D eigenvalue weighted by molar-refractivity contribution is 0.633. The fourth-order valence-corrected chi connectivity index (χ4v) is 1.60. The number of hydrogen-bond donors (Lipinski definition) is 0. The van der Waals surface area contributed by atoms with E-state index in [2.05, 4.69) is 10.3 Å². The van der Waals surface area contributed by atoms with Crippen molar-refractivity contribution in [3.8, 4) is 6.07 Å². The molecule has 0 amide bonds. The van der Waals surface area contributed by atoms with E-state index in [1.54, 1.807) is 4.68 Å². The first-order valence-electron chi connectivity index (χ1n) is 4.76. The summed E-state index contributed by atoms with van der Waals surface area (Å²) in [5.41, 5.74) is 2.07. The number of rotatable bonds is 2. The molecule has 0 fully saturated rings. The highest BCUT2D eigenvalue weighted by Crippen LogP contribution is 2.16. The van der Waals surface area contributed by atoms with Crippen molar-refractivity contribution in [2.75, 3.05) is 0 Å². The molecular formula is C11H9ClN4. The highest BCUT2D eigenvalue weighted by Gasteiger charge is 2.08. The first-order chi connectivity index (χ1) is 7.72. The summed E-state index contributed by atoms with van der Waals surface area (Å²) in [7, 11) is 0. The summed E-state index contributed by atoms with van der Waals surface area (Å²) in [6, 6.07) is 9.53. The van der Waals surface area contributed by atoms with Gasteiger partial charge >= 0.3 is 0 Å². The summed E-state index contributed by atoms with van der Waals surface area (Å²) in [5, 5.41) is 17.1. The zero-order valence-electron chi connectivity index (χ0n) is 8.68. The molecule has 0 aliphatic heterocycles. The second-order valence-corrected chi connectivity index (χ2v) is 3.79. The van der Waals surface area contributed by atoms with Crippen LogP contribution in [0.4, 0.5) is 0 Å². The van der Waals surface area contributed by atoms with E-state index < -0.39 is 0 Å². The minimum absolute atomic E-state index is 0.354. The molecule has 1 aromatic heterocycles. The van der Waals surface area contributed by atoms with Crippen LogP contribution in [0, 0.1) is 18.3 Å². The molecule has 0 atom stereocenters. The lowest BCUT2D eigenvalue weighted by Crippen LogP contribution is -2.04. The van der Waals surface area contributed by atoms with Gasteiger partial charge in [0.1, 0.15) is 6.07 Å². The molecule has 0 radical (unpaired) electrons. The van der Waals surface area contributed by atoms with Crippen molar-refractivity contribution in [3.63, 3.8) is 0 Å². The summed E-state index contributed by atoms with van der Waals surface area (Å²) in [6.45, 7) is 2.34. The van der Waals surface area contributed by atoms with E-state index in [0.717, 1.165) is 11.3 Å². The normalized spacial score (nSPS) is 10.1. The zero-order chi connectivity index (χ0) is 11.5. The Kier molecular flexibility index (Phi) is 2.88. The molecule has 0 saturated carbocycles. The van der Waals surface area contributed by atoms with Gasteiger partial charge in [-0.15, -0.1) is 5.10 Å². The molecule has 0 unspecified atom stereocenters. The molecule has 0 bridgehead atoms. The monoisotopic (exact) mass is 232 g/mol. The quantitative estimate of drug-likeness (QED) is 0.797. The number of halogens is 1. The number of nitrogens with zero attached hydrogens (tertiary/aromatic N) is 4. The SMILES string of the molecule is Cc1c(C#N)nnn1Cc1ccccc1Cl. The first kappa shape index (κ1) is 10.7. The maximum absolute atomic E-state index is 8.76. The molecule has 0 saturated heterocycles. The van der Waals surface area contributed by atoms with Crippen molar-refractivity contribution in [2.45, 2.75) is 13.5 Å². The van der Waals surface area contributed by atoms with E-state index in [9.17, 15) is 0 Å². The molecule has 80 valence electrons. The van der Waals surface area contributed by atoms with Gasteiger partial charge in [-0.25, -0.2) is 4.68 Å². The van der Waals surface area contributed by atoms with Gasteiger partial charge in [0, 0.05) is 5.02 Å². The largest absolute Gasteiger partial charge is 0.244 e. The standard InChI is InChI=1S/C11H9ClN4/c1-8-11(6-13)14-15-16(8)7-9-4-2-3-5-10(9)12/h2-5H,7H2,1H3. The lowest BCUT2D eigenvalue weighted by Gasteiger charge is -2.04. The molecule has 0 aliphatic carbocycles. The molecule has 1 heterocycles. The van der Waals surface area contributed by atoms with Crippen LogP contribution >= 0.6 is 11.6 Å². The summed E-state index contributed by atoms with van der Waals surface area (Å²) >= 11 is 6.04. The average Bonchev–Trinajstić information content (AvgIpc) is 2.63. The predicted molar refractivity (Wildman–Crippen MR) is 60.0 cm³/mol. The molecule has 5 heteroatoms. The Morgan fingerprint density at radius 1 is 1.44 bits per heavy atom. The van der Waals surface area contributed by atoms with Gasteiger partial charge in [0.05, 0.1) is 12.2 Å². The van der Waals surface area contributed by atoms with E-state index in [1.165, 1.54) is 0 Å². The van der Waals surface area contributed by atoms with Crippen LogP contribution in [0.5, 0.6) is 0 Å². The van der Waals surface area contributed by atoms with Gasteiger partial charge < -0.3 is 0 Å². The average molecular weight is 233 g/mol. The molecular weight excluding hydrogens is 224 g/mol. The van der Waals surface area contributed by atoms with E-state index in [1.807, 2.05) is 37.3 Å². The highest BCUT2D eigenvalue weighted by molar-refractivity contribution is 6.31. The van der Waals surface area contributed by atoms with Gasteiger partial charge in [-0.05, 0) is 18.6 Å². The van der Waals surface area contributed by atoms with Crippen molar-refractivity contribution in [2.24, 2.45) is 0 Å². The number of nitriles is 1. The topological polar surface area (TPSA) is 54.5 Å². The summed E-state index contributed by atoms with van der Waals surface area (Å²) < 4.78 is 1.67. The third-order valence-corrected chi connectivity index (χ3v) is 2.74. The molecule has 4 nitrogen and oxygen atoms in total. The Morgan fingerprint density at radius 3 is 2.81 bits per heavy atom. The van der Waals surface area contributed by atoms with Gasteiger partial charge in [-0.3, -0.25) is 0 Å². The lowest BCUT2D eigenvalue weighted by atomic mass is 10.2. The fraction of sp³-hybridized carbons (Fsp3) is 0.182. The molecule has 16 heavy (non-hydrogen) atoms.